The number of benzene rings is 1. The highest BCUT2D eigenvalue weighted by Gasteiger charge is 2.11. The van der Waals surface area contributed by atoms with E-state index in [4.69, 9.17) is 15.4 Å². The summed E-state index contributed by atoms with van der Waals surface area (Å²) in [4.78, 5) is 3.98. The number of nitrogens with zero attached hydrogens (tertiary/aromatic N) is 2. The molecule has 3 rings (SSSR count). The fourth-order valence-electron chi connectivity index (χ4n) is 2.02. The standard InChI is InChI=1S/C15H12FN3O2/c16-12-7-9(3-4-13(12)20)6-10-8-14(21-19-10)11-2-1-5-18-15(11)17/h1-5,7-8,20H,6H2,(H2,17,18). The smallest absolute Gasteiger partial charge is 0.170 e. The Balaban J connectivity index is 1.85. The Kier molecular flexibility index (Phi) is 3.27. The fourth-order valence-corrected chi connectivity index (χ4v) is 2.02. The molecule has 2 heterocycles. The molecular formula is C15H12FN3O2. The minimum atomic E-state index is -0.660. The number of hydrogen-bond acceptors (Lipinski definition) is 5. The Bertz CT molecular complexity index is 786. The second-order valence-corrected chi connectivity index (χ2v) is 4.58. The van der Waals surface area contributed by atoms with E-state index in [2.05, 4.69) is 10.1 Å². The summed E-state index contributed by atoms with van der Waals surface area (Å²) in [5.74, 6) is -0.166. The average Bonchev–Trinajstić information content (AvgIpc) is 2.92. The predicted octanol–water partition coefficient (Wildman–Crippen LogP) is 2.75. The van der Waals surface area contributed by atoms with Crippen molar-refractivity contribution in [3.63, 3.8) is 0 Å². The molecule has 0 aliphatic heterocycles. The van der Waals surface area contributed by atoms with Crippen molar-refractivity contribution in [2.75, 3.05) is 5.73 Å². The third-order valence-corrected chi connectivity index (χ3v) is 3.06. The lowest BCUT2D eigenvalue weighted by Gasteiger charge is -1.99. The molecule has 106 valence electrons. The van der Waals surface area contributed by atoms with Gasteiger partial charge in [-0.15, -0.1) is 0 Å². The van der Waals surface area contributed by atoms with E-state index in [-0.39, 0.29) is 5.75 Å². The topological polar surface area (TPSA) is 85.2 Å². The number of pyridine rings is 1. The van der Waals surface area contributed by atoms with Crippen molar-refractivity contribution in [3.8, 4) is 17.1 Å². The van der Waals surface area contributed by atoms with Gasteiger partial charge in [-0.25, -0.2) is 9.37 Å². The van der Waals surface area contributed by atoms with Gasteiger partial charge >= 0.3 is 0 Å². The predicted molar refractivity (Wildman–Crippen MR) is 75.0 cm³/mol. The van der Waals surface area contributed by atoms with Gasteiger partial charge in [-0.2, -0.15) is 0 Å². The first-order chi connectivity index (χ1) is 10.1. The van der Waals surface area contributed by atoms with Crippen LogP contribution in [0.15, 0.2) is 47.1 Å². The Labute approximate surface area is 119 Å². The van der Waals surface area contributed by atoms with Crippen LogP contribution in [-0.4, -0.2) is 15.2 Å². The van der Waals surface area contributed by atoms with Crippen LogP contribution in [0, 0.1) is 5.82 Å². The van der Waals surface area contributed by atoms with Crippen molar-refractivity contribution in [1.29, 1.82) is 0 Å². The maximum atomic E-state index is 13.3. The molecule has 0 amide bonds. The van der Waals surface area contributed by atoms with E-state index >= 15 is 0 Å². The number of phenols is 1. The van der Waals surface area contributed by atoms with Gasteiger partial charge in [0.2, 0.25) is 0 Å². The van der Waals surface area contributed by atoms with Crippen LogP contribution in [0.4, 0.5) is 10.2 Å². The van der Waals surface area contributed by atoms with Gasteiger partial charge in [-0.3, -0.25) is 0 Å². The van der Waals surface area contributed by atoms with Crippen molar-refractivity contribution >= 4 is 5.82 Å². The zero-order chi connectivity index (χ0) is 14.8. The van der Waals surface area contributed by atoms with Gasteiger partial charge in [0.25, 0.3) is 0 Å². The molecule has 0 aliphatic rings. The number of halogens is 1. The molecule has 6 heteroatoms. The Morgan fingerprint density at radius 2 is 2.10 bits per heavy atom. The summed E-state index contributed by atoms with van der Waals surface area (Å²) in [6, 6.07) is 9.48. The second-order valence-electron chi connectivity index (χ2n) is 4.58. The summed E-state index contributed by atoms with van der Waals surface area (Å²) >= 11 is 0. The van der Waals surface area contributed by atoms with E-state index < -0.39 is 5.82 Å². The number of rotatable bonds is 3. The maximum absolute atomic E-state index is 13.3. The van der Waals surface area contributed by atoms with E-state index in [1.54, 1.807) is 30.5 Å². The summed E-state index contributed by atoms with van der Waals surface area (Å²) in [7, 11) is 0. The molecule has 0 radical (unpaired) electrons. The molecule has 0 saturated carbocycles. The molecule has 0 fully saturated rings. The van der Waals surface area contributed by atoms with E-state index in [9.17, 15) is 4.39 Å². The highest BCUT2D eigenvalue weighted by molar-refractivity contribution is 5.69. The summed E-state index contributed by atoms with van der Waals surface area (Å²) in [6.45, 7) is 0. The SMILES string of the molecule is Nc1ncccc1-c1cc(Cc2ccc(O)c(F)c2)no1. The van der Waals surface area contributed by atoms with Crippen molar-refractivity contribution in [1.82, 2.24) is 10.1 Å². The number of aromatic nitrogens is 2. The van der Waals surface area contributed by atoms with Crippen LogP contribution in [0.1, 0.15) is 11.3 Å². The third-order valence-electron chi connectivity index (χ3n) is 3.06. The summed E-state index contributed by atoms with van der Waals surface area (Å²) in [5.41, 5.74) is 7.76. The van der Waals surface area contributed by atoms with Gasteiger partial charge in [0.1, 0.15) is 5.82 Å². The third kappa shape index (κ3) is 2.69. The van der Waals surface area contributed by atoms with Crippen molar-refractivity contribution in [2.45, 2.75) is 6.42 Å². The van der Waals surface area contributed by atoms with Crippen LogP contribution >= 0.6 is 0 Å². The van der Waals surface area contributed by atoms with E-state index in [1.807, 2.05) is 0 Å². The number of nitrogen functional groups attached to an aromatic ring is 1. The molecular weight excluding hydrogens is 273 g/mol. The number of anilines is 1. The molecule has 1 aromatic carbocycles. The normalized spacial score (nSPS) is 10.7. The molecule has 0 bridgehead atoms. The van der Waals surface area contributed by atoms with E-state index in [1.165, 1.54) is 12.1 Å². The molecule has 0 atom stereocenters. The second kappa shape index (κ2) is 5.24. The van der Waals surface area contributed by atoms with E-state index in [0.29, 0.717) is 34.8 Å². The number of nitrogens with two attached hydrogens (primary N) is 1. The monoisotopic (exact) mass is 285 g/mol. The molecule has 0 saturated heterocycles. The summed E-state index contributed by atoms with van der Waals surface area (Å²) in [6.07, 6.45) is 1.98. The van der Waals surface area contributed by atoms with Crippen LogP contribution < -0.4 is 5.73 Å². The lowest BCUT2D eigenvalue weighted by atomic mass is 10.1. The maximum Gasteiger partial charge on any atom is 0.170 e. The summed E-state index contributed by atoms with van der Waals surface area (Å²) < 4.78 is 18.5. The number of hydrogen-bond donors (Lipinski definition) is 2. The number of aromatic hydroxyl groups is 1. The van der Waals surface area contributed by atoms with Crippen LogP contribution in [0.25, 0.3) is 11.3 Å². The lowest BCUT2D eigenvalue weighted by molar-refractivity contribution is 0.424. The zero-order valence-corrected chi connectivity index (χ0v) is 11.0. The lowest BCUT2D eigenvalue weighted by Crippen LogP contribution is -1.92. The molecule has 21 heavy (non-hydrogen) atoms. The zero-order valence-electron chi connectivity index (χ0n) is 11.0. The molecule has 5 nitrogen and oxygen atoms in total. The molecule has 0 unspecified atom stereocenters. The van der Waals surface area contributed by atoms with Crippen LogP contribution in [0.2, 0.25) is 0 Å². The highest BCUT2D eigenvalue weighted by atomic mass is 19.1. The van der Waals surface area contributed by atoms with Gasteiger partial charge in [0.15, 0.2) is 17.3 Å². The minimum Gasteiger partial charge on any atom is -0.505 e. The number of phenolic OH excluding ortho intramolecular Hbond substituents is 1. The Morgan fingerprint density at radius 1 is 1.24 bits per heavy atom. The molecule has 3 aromatic rings. The minimum absolute atomic E-state index is 0.357. The first-order valence-electron chi connectivity index (χ1n) is 6.27. The van der Waals surface area contributed by atoms with Gasteiger partial charge in [-0.1, -0.05) is 11.2 Å². The van der Waals surface area contributed by atoms with Gasteiger partial charge in [0, 0.05) is 18.7 Å². The van der Waals surface area contributed by atoms with Crippen LogP contribution in [0.3, 0.4) is 0 Å². The van der Waals surface area contributed by atoms with Crippen molar-refractivity contribution < 1.29 is 14.0 Å². The first kappa shape index (κ1) is 13.1. The van der Waals surface area contributed by atoms with Crippen molar-refractivity contribution in [3.05, 3.63) is 59.7 Å². The van der Waals surface area contributed by atoms with Crippen molar-refractivity contribution in [2.24, 2.45) is 0 Å². The van der Waals surface area contributed by atoms with Crippen LogP contribution in [0.5, 0.6) is 5.75 Å². The first-order valence-corrected chi connectivity index (χ1v) is 6.27. The van der Waals surface area contributed by atoms with Gasteiger partial charge < -0.3 is 15.4 Å². The quantitative estimate of drug-likeness (QED) is 0.773. The Hall–Kier alpha value is -2.89. The molecule has 0 aliphatic carbocycles. The van der Waals surface area contributed by atoms with Gasteiger partial charge in [-0.05, 0) is 29.8 Å². The molecule has 0 spiro atoms. The molecule has 2 aromatic heterocycles. The fraction of sp³-hybridized carbons (Fsp3) is 0.0667. The van der Waals surface area contributed by atoms with E-state index in [0.717, 1.165) is 0 Å². The highest BCUT2D eigenvalue weighted by Crippen LogP contribution is 2.25. The van der Waals surface area contributed by atoms with Crippen LogP contribution in [-0.2, 0) is 6.42 Å². The Morgan fingerprint density at radius 3 is 2.86 bits per heavy atom. The average molecular weight is 285 g/mol. The largest absolute Gasteiger partial charge is 0.505 e. The molecule has 3 N–H and O–H groups in total. The summed E-state index contributed by atoms with van der Waals surface area (Å²) in [5, 5.41) is 13.1. The van der Waals surface area contributed by atoms with Gasteiger partial charge in [0.05, 0.1) is 11.3 Å².